The molecule has 1 aromatic carbocycles. The van der Waals surface area contributed by atoms with Crippen LogP contribution in [-0.2, 0) is 24.2 Å². The van der Waals surface area contributed by atoms with Crippen LogP contribution in [0.5, 0.6) is 0 Å². The molecule has 1 amide bonds. The molecule has 8 heteroatoms. The quantitative estimate of drug-likeness (QED) is 0.493. The van der Waals surface area contributed by atoms with Crippen LogP contribution in [0.1, 0.15) is 29.3 Å². The van der Waals surface area contributed by atoms with Crippen LogP contribution in [0.2, 0.25) is 0 Å². The number of hydrogen-bond donors (Lipinski definition) is 1. The number of nitrogens with one attached hydrogen (secondary N) is 1. The zero-order valence-electron chi connectivity index (χ0n) is 16.1. The van der Waals surface area contributed by atoms with E-state index in [4.69, 9.17) is 0 Å². The Kier molecular flexibility index (Phi) is 4.97. The Labute approximate surface area is 176 Å². The summed E-state index contributed by atoms with van der Waals surface area (Å²) < 4.78 is 1.92. The van der Waals surface area contributed by atoms with Gasteiger partial charge in [0.25, 0.3) is 0 Å². The number of amides is 1. The molecule has 148 valence electrons. The topological polar surface area (TPSA) is 72.2 Å². The summed E-state index contributed by atoms with van der Waals surface area (Å²) in [5.74, 6) is 1.00. The van der Waals surface area contributed by atoms with E-state index in [0.717, 1.165) is 40.2 Å². The highest BCUT2D eigenvalue weighted by Crippen LogP contribution is 2.39. The SMILES string of the molecule is C[C@@H]1CCc2c(sc3ncn4c(SCC(=O)NCc5ccccc5)nnc4c23)C1. The summed E-state index contributed by atoms with van der Waals surface area (Å²) in [5.41, 5.74) is 3.34. The first kappa shape index (κ1) is 18.6. The molecule has 6 nitrogen and oxygen atoms in total. The van der Waals surface area contributed by atoms with Gasteiger partial charge in [0.05, 0.1) is 11.1 Å². The molecule has 1 N–H and O–H groups in total. The van der Waals surface area contributed by atoms with Gasteiger partial charge in [0.1, 0.15) is 11.2 Å². The predicted octanol–water partition coefficient (Wildman–Crippen LogP) is 3.87. The molecule has 1 aliphatic rings. The van der Waals surface area contributed by atoms with Gasteiger partial charge in [0, 0.05) is 11.4 Å². The van der Waals surface area contributed by atoms with Gasteiger partial charge in [-0.3, -0.25) is 9.20 Å². The Balaban J connectivity index is 1.33. The van der Waals surface area contributed by atoms with E-state index in [1.807, 2.05) is 34.7 Å². The number of aryl methyl sites for hydroxylation is 1. The molecule has 0 bridgehead atoms. The van der Waals surface area contributed by atoms with Crippen LogP contribution in [-0.4, -0.2) is 31.2 Å². The average Bonchev–Trinajstić information content (AvgIpc) is 3.31. The fraction of sp³-hybridized carbons (Fsp3) is 0.333. The molecule has 0 spiro atoms. The first-order valence-corrected chi connectivity index (χ1v) is 11.6. The van der Waals surface area contributed by atoms with E-state index in [-0.39, 0.29) is 5.91 Å². The van der Waals surface area contributed by atoms with Crippen LogP contribution in [0.15, 0.2) is 41.8 Å². The number of carbonyl (C=O) groups is 1. The number of aromatic nitrogens is 4. The first-order chi connectivity index (χ1) is 14.2. The Morgan fingerprint density at radius 2 is 2.17 bits per heavy atom. The normalized spacial score (nSPS) is 16.2. The molecular weight excluding hydrogens is 402 g/mol. The van der Waals surface area contributed by atoms with Crippen LogP contribution in [0, 0.1) is 5.92 Å². The second-order valence-corrected chi connectivity index (χ2v) is 9.53. The summed E-state index contributed by atoms with van der Waals surface area (Å²) in [6, 6.07) is 9.90. The lowest BCUT2D eigenvalue weighted by molar-refractivity contribution is -0.118. The van der Waals surface area contributed by atoms with E-state index in [0.29, 0.717) is 17.5 Å². The third kappa shape index (κ3) is 3.62. The second-order valence-electron chi connectivity index (χ2n) is 7.50. The maximum absolute atomic E-state index is 12.2. The van der Waals surface area contributed by atoms with Crippen LogP contribution in [0.25, 0.3) is 15.9 Å². The van der Waals surface area contributed by atoms with Crippen molar-refractivity contribution in [1.29, 1.82) is 0 Å². The summed E-state index contributed by atoms with van der Waals surface area (Å²) in [4.78, 5) is 19.4. The lowest BCUT2D eigenvalue weighted by Crippen LogP contribution is -2.24. The van der Waals surface area contributed by atoms with Crippen molar-refractivity contribution in [2.24, 2.45) is 5.92 Å². The molecule has 1 aliphatic carbocycles. The summed E-state index contributed by atoms with van der Waals surface area (Å²) >= 11 is 3.18. The molecule has 3 aromatic heterocycles. The van der Waals surface area contributed by atoms with Crippen molar-refractivity contribution in [3.63, 3.8) is 0 Å². The molecule has 0 unspecified atom stereocenters. The number of thioether (sulfide) groups is 1. The summed E-state index contributed by atoms with van der Waals surface area (Å²) in [6.45, 7) is 2.84. The third-order valence-corrected chi connectivity index (χ3v) is 7.44. The molecule has 0 saturated carbocycles. The van der Waals surface area contributed by atoms with Crippen molar-refractivity contribution >= 4 is 44.9 Å². The number of carbonyl (C=O) groups excluding carboxylic acids is 1. The zero-order chi connectivity index (χ0) is 19.8. The second kappa shape index (κ2) is 7.76. The minimum absolute atomic E-state index is 0.0217. The van der Waals surface area contributed by atoms with Crippen LogP contribution in [0.4, 0.5) is 0 Å². The maximum Gasteiger partial charge on any atom is 0.230 e. The van der Waals surface area contributed by atoms with Crippen molar-refractivity contribution in [2.45, 2.75) is 37.9 Å². The molecule has 0 saturated heterocycles. The lowest BCUT2D eigenvalue weighted by atomic mass is 9.89. The van der Waals surface area contributed by atoms with Gasteiger partial charge in [-0.1, -0.05) is 49.0 Å². The Morgan fingerprint density at radius 1 is 1.31 bits per heavy atom. The average molecular weight is 424 g/mol. The monoisotopic (exact) mass is 423 g/mol. The summed E-state index contributed by atoms with van der Waals surface area (Å²) in [5, 5.41) is 13.6. The molecule has 0 fully saturated rings. The van der Waals surface area contributed by atoms with E-state index < -0.39 is 0 Å². The Bertz CT molecular complexity index is 1180. The summed E-state index contributed by atoms with van der Waals surface area (Å²) in [6.07, 6.45) is 5.19. The number of fused-ring (bicyclic) bond motifs is 5. The van der Waals surface area contributed by atoms with E-state index in [9.17, 15) is 4.79 Å². The summed E-state index contributed by atoms with van der Waals surface area (Å²) in [7, 11) is 0. The van der Waals surface area contributed by atoms with Crippen molar-refractivity contribution in [3.8, 4) is 0 Å². The third-order valence-electron chi connectivity index (χ3n) is 5.34. The maximum atomic E-state index is 12.2. The van der Waals surface area contributed by atoms with Crippen LogP contribution < -0.4 is 5.32 Å². The molecular formula is C21H21N5OS2. The fourth-order valence-electron chi connectivity index (χ4n) is 3.80. The molecule has 3 heterocycles. The molecule has 4 aromatic rings. The fourth-order valence-corrected chi connectivity index (χ4v) is 5.87. The van der Waals surface area contributed by atoms with Crippen molar-refractivity contribution in [2.75, 3.05) is 5.75 Å². The number of nitrogens with zero attached hydrogens (tertiary/aromatic N) is 4. The van der Waals surface area contributed by atoms with Crippen LogP contribution in [0.3, 0.4) is 0 Å². The number of thiophene rings is 1. The van der Waals surface area contributed by atoms with Crippen molar-refractivity contribution < 1.29 is 4.79 Å². The predicted molar refractivity (Wildman–Crippen MR) is 116 cm³/mol. The number of hydrogen-bond acceptors (Lipinski definition) is 6. The molecule has 29 heavy (non-hydrogen) atoms. The van der Waals surface area contributed by atoms with Crippen molar-refractivity contribution in [1.82, 2.24) is 24.9 Å². The number of rotatable bonds is 5. The Morgan fingerprint density at radius 3 is 3.03 bits per heavy atom. The zero-order valence-corrected chi connectivity index (χ0v) is 17.7. The molecule has 0 radical (unpaired) electrons. The van der Waals surface area contributed by atoms with Gasteiger partial charge >= 0.3 is 0 Å². The highest BCUT2D eigenvalue weighted by molar-refractivity contribution is 7.99. The van der Waals surface area contributed by atoms with Gasteiger partial charge in [0.2, 0.25) is 5.91 Å². The van der Waals surface area contributed by atoms with Crippen LogP contribution >= 0.6 is 23.1 Å². The smallest absolute Gasteiger partial charge is 0.230 e. The highest BCUT2D eigenvalue weighted by Gasteiger charge is 2.24. The minimum atomic E-state index is -0.0217. The minimum Gasteiger partial charge on any atom is -0.351 e. The van der Waals surface area contributed by atoms with Gasteiger partial charge in [-0.05, 0) is 36.3 Å². The van der Waals surface area contributed by atoms with Gasteiger partial charge in [0.15, 0.2) is 10.8 Å². The largest absolute Gasteiger partial charge is 0.351 e. The first-order valence-electron chi connectivity index (χ1n) is 9.76. The van der Waals surface area contributed by atoms with Crippen molar-refractivity contribution in [3.05, 3.63) is 52.7 Å². The van der Waals surface area contributed by atoms with Gasteiger partial charge < -0.3 is 5.32 Å². The highest BCUT2D eigenvalue weighted by atomic mass is 32.2. The van der Waals surface area contributed by atoms with E-state index in [1.165, 1.54) is 28.6 Å². The Hall–Kier alpha value is -2.45. The lowest BCUT2D eigenvalue weighted by Gasteiger charge is -2.17. The number of benzene rings is 1. The molecule has 0 aliphatic heterocycles. The standard InChI is InChI=1S/C21H21N5OS2/c1-13-7-8-15-16(9-13)29-20-18(15)19-24-25-21(26(19)12-23-20)28-11-17(27)22-10-14-5-3-2-4-6-14/h2-6,12-13H,7-11H2,1H3,(H,22,27)/t13-/m1/s1. The van der Waals surface area contributed by atoms with E-state index in [1.54, 1.807) is 17.7 Å². The van der Waals surface area contributed by atoms with Gasteiger partial charge in [-0.2, -0.15) is 0 Å². The van der Waals surface area contributed by atoms with E-state index >= 15 is 0 Å². The van der Waals surface area contributed by atoms with E-state index in [2.05, 4.69) is 27.4 Å². The van der Waals surface area contributed by atoms with Gasteiger partial charge in [-0.25, -0.2) is 4.98 Å². The molecule has 1 atom stereocenters. The van der Waals surface area contributed by atoms with Gasteiger partial charge in [-0.15, -0.1) is 21.5 Å². The molecule has 5 rings (SSSR count).